The van der Waals surface area contributed by atoms with E-state index in [4.69, 9.17) is 14.8 Å². The summed E-state index contributed by atoms with van der Waals surface area (Å²) in [6, 6.07) is 0. The molecule has 0 heterocycles. The Morgan fingerprint density at radius 2 is 1.32 bits per heavy atom. The Kier molecular flexibility index (Phi) is 15.1. The van der Waals surface area contributed by atoms with Crippen molar-refractivity contribution in [3.63, 3.8) is 0 Å². The molecule has 4 nitrogen and oxygen atoms in total. The summed E-state index contributed by atoms with van der Waals surface area (Å²) < 4.78 is 22.1. The molecule has 0 radical (unpaired) electrons. The quantitative estimate of drug-likeness (QED) is 0.232. The van der Waals surface area contributed by atoms with E-state index >= 15 is 0 Å². The molecule has 1 atom stereocenters. The van der Waals surface area contributed by atoms with Crippen molar-refractivity contribution in [2.75, 3.05) is 19.8 Å². The molecular weight excluding hydrogens is 333 g/mol. The van der Waals surface area contributed by atoms with Crippen LogP contribution in [0.3, 0.4) is 0 Å². The van der Waals surface area contributed by atoms with Gasteiger partial charge in [0.15, 0.2) is 0 Å². The summed E-state index contributed by atoms with van der Waals surface area (Å²) in [5, 5.41) is 0. The Hall–Kier alpha value is 0.110. The van der Waals surface area contributed by atoms with Gasteiger partial charge >= 0.3 is 8.25 Å². The maximum Gasteiger partial charge on any atom is 0.319 e. The van der Waals surface area contributed by atoms with Gasteiger partial charge in [-0.2, -0.15) is 0 Å². The van der Waals surface area contributed by atoms with Gasteiger partial charge in [-0.15, -0.1) is 0 Å². The number of unbranched alkanes of at least 4 members (excludes halogenated alkanes) is 7. The SMILES string of the molecule is CCCCC1CC(CCCCCCO[PH](=O)OCCCCCCN)C1. The molecule has 1 saturated carbocycles. The molecule has 1 aliphatic carbocycles. The van der Waals surface area contributed by atoms with E-state index in [1.807, 2.05) is 0 Å². The smallest absolute Gasteiger partial charge is 0.319 e. The van der Waals surface area contributed by atoms with Crippen LogP contribution in [0.5, 0.6) is 0 Å². The van der Waals surface area contributed by atoms with Crippen LogP contribution in [0.2, 0.25) is 0 Å². The van der Waals surface area contributed by atoms with Crippen molar-refractivity contribution in [1.82, 2.24) is 0 Å². The monoisotopic (exact) mass is 375 g/mol. The summed E-state index contributed by atoms with van der Waals surface area (Å²) in [6.07, 6.45) is 17.6. The molecule has 1 unspecified atom stereocenters. The number of nitrogens with two attached hydrogens (primary N) is 1. The first-order valence-corrected chi connectivity index (χ1v) is 12.0. The topological polar surface area (TPSA) is 61.5 Å². The number of hydrogen-bond donors (Lipinski definition) is 1. The van der Waals surface area contributed by atoms with Gasteiger partial charge in [0.2, 0.25) is 0 Å². The van der Waals surface area contributed by atoms with Gasteiger partial charge < -0.3 is 14.8 Å². The Morgan fingerprint density at radius 1 is 0.800 bits per heavy atom. The average Bonchev–Trinajstić information content (AvgIpc) is 2.58. The lowest BCUT2D eigenvalue weighted by atomic mass is 9.70. The van der Waals surface area contributed by atoms with Crippen LogP contribution in [0.1, 0.15) is 96.8 Å². The van der Waals surface area contributed by atoms with Crippen molar-refractivity contribution in [2.24, 2.45) is 17.6 Å². The normalized spacial score (nSPS) is 21.2. The number of hydrogen-bond acceptors (Lipinski definition) is 4. The lowest BCUT2D eigenvalue weighted by molar-refractivity contribution is 0.164. The summed E-state index contributed by atoms with van der Waals surface area (Å²) in [4.78, 5) is 0. The summed E-state index contributed by atoms with van der Waals surface area (Å²) in [5.41, 5.74) is 5.44. The van der Waals surface area contributed by atoms with Gasteiger partial charge in [-0.25, -0.2) is 0 Å². The van der Waals surface area contributed by atoms with E-state index in [0.29, 0.717) is 13.2 Å². The minimum Gasteiger partial charge on any atom is -0.330 e. The van der Waals surface area contributed by atoms with Gasteiger partial charge in [0.1, 0.15) is 0 Å². The van der Waals surface area contributed by atoms with E-state index in [-0.39, 0.29) is 0 Å². The number of rotatable bonds is 18. The second-order valence-electron chi connectivity index (χ2n) is 7.70. The molecule has 25 heavy (non-hydrogen) atoms. The second-order valence-corrected chi connectivity index (χ2v) is 8.78. The van der Waals surface area contributed by atoms with Crippen LogP contribution in [0.25, 0.3) is 0 Å². The summed E-state index contributed by atoms with van der Waals surface area (Å²) in [6.45, 7) is 4.16. The van der Waals surface area contributed by atoms with Crippen LogP contribution in [0, 0.1) is 11.8 Å². The molecule has 1 rings (SSSR count). The minimum absolute atomic E-state index is 0.545. The molecule has 0 saturated heterocycles. The van der Waals surface area contributed by atoms with Gasteiger partial charge in [-0.3, -0.25) is 4.57 Å². The second kappa shape index (κ2) is 16.3. The van der Waals surface area contributed by atoms with Crippen LogP contribution in [-0.2, 0) is 13.6 Å². The molecule has 5 heteroatoms. The molecule has 150 valence electrons. The van der Waals surface area contributed by atoms with Gasteiger partial charge in [0, 0.05) is 0 Å². The first kappa shape index (κ1) is 23.1. The van der Waals surface area contributed by atoms with Gasteiger partial charge in [-0.05, 0) is 50.5 Å². The highest BCUT2D eigenvalue weighted by atomic mass is 31.1. The largest absolute Gasteiger partial charge is 0.330 e. The van der Waals surface area contributed by atoms with Crippen LogP contribution < -0.4 is 5.73 Å². The van der Waals surface area contributed by atoms with Crippen molar-refractivity contribution in [2.45, 2.75) is 96.8 Å². The van der Waals surface area contributed by atoms with Crippen molar-refractivity contribution in [3.8, 4) is 0 Å². The van der Waals surface area contributed by atoms with E-state index in [2.05, 4.69) is 6.92 Å². The maximum atomic E-state index is 11.6. The van der Waals surface area contributed by atoms with Crippen molar-refractivity contribution < 1.29 is 13.6 Å². The zero-order valence-corrected chi connectivity index (χ0v) is 17.5. The first-order chi connectivity index (χ1) is 12.3. The molecule has 0 aromatic carbocycles. The molecular formula is C20H42NO3P. The highest BCUT2D eigenvalue weighted by Gasteiger charge is 2.27. The standard InChI is InChI=1S/C20H42NO3P/c1-2-3-12-19-17-20(18-19)13-8-4-6-10-15-23-25(22)24-16-11-7-5-9-14-21/h19-20,25H,2-18,21H2,1H3. The van der Waals surface area contributed by atoms with Gasteiger partial charge in [0.25, 0.3) is 0 Å². The van der Waals surface area contributed by atoms with Crippen molar-refractivity contribution >= 4 is 8.25 Å². The van der Waals surface area contributed by atoms with E-state index < -0.39 is 8.25 Å². The molecule has 0 bridgehead atoms. The molecule has 0 aromatic rings. The van der Waals surface area contributed by atoms with Crippen molar-refractivity contribution in [3.05, 3.63) is 0 Å². The fourth-order valence-corrected chi connectivity index (χ4v) is 4.38. The highest BCUT2D eigenvalue weighted by molar-refractivity contribution is 7.33. The van der Waals surface area contributed by atoms with Crippen LogP contribution in [-0.4, -0.2) is 19.8 Å². The lowest BCUT2D eigenvalue weighted by Gasteiger charge is -2.35. The molecule has 1 fully saturated rings. The van der Waals surface area contributed by atoms with E-state index in [1.54, 1.807) is 0 Å². The third kappa shape index (κ3) is 13.0. The van der Waals surface area contributed by atoms with Gasteiger partial charge in [-0.1, -0.05) is 64.7 Å². The Bertz CT molecular complexity index is 322. The zero-order valence-electron chi connectivity index (χ0n) is 16.5. The highest BCUT2D eigenvalue weighted by Crippen LogP contribution is 2.40. The van der Waals surface area contributed by atoms with Crippen LogP contribution in [0.15, 0.2) is 0 Å². The molecule has 0 aromatic heterocycles. The molecule has 0 amide bonds. The minimum atomic E-state index is -2.27. The maximum absolute atomic E-state index is 11.6. The van der Waals surface area contributed by atoms with E-state index in [1.165, 1.54) is 57.8 Å². The molecule has 0 spiro atoms. The van der Waals surface area contributed by atoms with Gasteiger partial charge in [0.05, 0.1) is 13.2 Å². The Morgan fingerprint density at radius 3 is 1.88 bits per heavy atom. The lowest BCUT2D eigenvalue weighted by Crippen LogP contribution is -2.23. The predicted molar refractivity (Wildman–Crippen MR) is 107 cm³/mol. The molecule has 1 aliphatic rings. The Labute approximate surface area is 156 Å². The third-order valence-electron chi connectivity index (χ3n) is 5.34. The average molecular weight is 376 g/mol. The predicted octanol–water partition coefficient (Wildman–Crippen LogP) is 6.10. The van der Waals surface area contributed by atoms with E-state index in [0.717, 1.165) is 50.5 Å². The Balaban J connectivity index is 1.76. The first-order valence-electron chi connectivity index (χ1n) is 10.8. The summed E-state index contributed by atoms with van der Waals surface area (Å²) >= 11 is 0. The zero-order chi connectivity index (χ0) is 18.2. The van der Waals surface area contributed by atoms with Crippen molar-refractivity contribution in [1.29, 1.82) is 0 Å². The summed E-state index contributed by atoms with van der Waals surface area (Å²) in [5.74, 6) is 2.05. The van der Waals surface area contributed by atoms with Crippen LogP contribution >= 0.6 is 8.25 Å². The fourth-order valence-electron chi connectivity index (χ4n) is 3.68. The molecule has 0 aliphatic heterocycles. The van der Waals surface area contributed by atoms with Crippen LogP contribution in [0.4, 0.5) is 0 Å². The third-order valence-corrected chi connectivity index (χ3v) is 6.22. The van der Waals surface area contributed by atoms with E-state index in [9.17, 15) is 4.57 Å². The fraction of sp³-hybridized carbons (Fsp3) is 1.00. The molecule has 2 N–H and O–H groups in total. The summed E-state index contributed by atoms with van der Waals surface area (Å²) in [7, 11) is -2.27.